The second kappa shape index (κ2) is 13.1. The number of para-hydroxylation sites is 1. The van der Waals surface area contributed by atoms with Crippen LogP contribution in [0.3, 0.4) is 0 Å². The second-order valence-corrected chi connectivity index (χ2v) is 12.0. The van der Waals surface area contributed by atoms with Gasteiger partial charge in [-0.05, 0) is 61.7 Å². The topological polar surface area (TPSA) is 95.5 Å². The number of hydrogen-bond donors (Lipinski definition) is 0. The summed E-state index contributed by atoms with van der Waals surface area (Å²) in [6.45, 7) is 7.10. The van der Waals surface area contributed by atoms with E-state index in [2.05, 4.69) is 9.88 Å². The van der Waals surface area contributed by atoms with Crippen LogP contribution in [0, 0.1) is 5.41 Å². The van der Waals surface area contributed by atoms with Crippen molar-refractivity contribution in [3.63, 3.8) is 0 Å². The number of benzene rings is 2. The zero-order valence-corrected chi connectivity index (χ0v) is 26.2. The van der Waals surface area contributed by atoms with E-state index < -0.39 is 5.41 Å². The lowest BCUT2D eigenvalue weighted by Gasteiger charge is -2.26. The first-order valence-electron chi connectivity index (χ1n) is 15.0. The fraction of sp³-hybridized carbons (Fsp3) is 0.412. The molecule has 5 rings (SSSR count). The molecule has 0 N–H and O–H groups in total. The van der Waals surface area contributed by atoms with Crippen LogP contribution in [-0.2, 0) is 22.6 Å². The molecule has 0 bridgehead atoms. The summed E-state index contributed by atoms with van der Waals surface area (Å²) in [5.41, 5.74) is 2.98. The highest BCUT2D eigenvalue weighted by atomic mass is 16.5. The van der Waals surface area contributed by atoms with Crippen molar-refractivity contribution in [2.75, 3.05) is 63.8 Å². The monoisotopic (exact) mass is 599 g/mol. The molecule has 0 fully saturated rings. The van der Waals surface area contributed by atoms with Gasteiger partial charge in [0.1, 0.15) is 16.9 Å². The van der Waals surface area contributed by atoms with Gasteiger partial charge in [-0.15, -0.1) is 0 Å². The summed E-state index contributed by atoms with van der Waals surface area (Å²) in [6.07, 6.45) is 5.15. The minimum absolute atomic E-state index is 0.0432. The maximum Gasteiger partial charge on any atom is 0.257 e. The van der Waals surface area contributed by atoms with Gasteiger partial charge >= 0.3 is 0 Å². The summed E-state index contributed by atoms with van der Waals surface area (Å²) in [7, 11) is 5.21. The van der Waals surface area contributed by atoms with Gasteiger partial charge in [0.25, 0.3) is 5.91 Å². The highest BCUT2D eigenvalue weighted by Gasteiger charge is 2.44. The van der Waals surface area contributed by atoms with Crippen LogP contribution in [-0.4, -0.2) is 86.5 Å². The molecule has 2 aliphatic heterocycles. The Hall–Kier alpha value is -4.44. The molecular formula is C34H41N5O5. The van der Waals surface area contributed by atoms with Gasteiger partial charge in [-0.25, -0.2) is 0 Å². The van der Waals surface area contributed by atoms with Gasteiger partial charge < -0.3 is 24.2 Å². The van der Waals surface area contributed by atoms with Crippen molar-refractivity contribution in [2.24, 2.45) is 5.41 Å². The van der Waals surface area contributed by atoms with E-state index in [-0.39, 0.29) is 17.7 Å². The average Bonchev–Trinajstić information content (AvgIpc) is 3.52. The number of aromatic nitrogens is 1. The second-order valence-electron chi connectivity index (χ2n) is 12.0. The zero-order chi connectivity index (χ0) is 31.4. The van der Waals surface area contributed by atoms with Crippen LogP contribution in [0.5, 0.6) is 11.5 Å². The number of hydrogen-bond acceptors (Lipinski definition) is 7. The molecule has 2 aliphatic rings. The number of fused-ring (bicyclic) bond motifs is 2. The van der Waals surface area contributed by atoms with Crippen LogP contribution in [0.4, 0.5) is 11.4 Å². The van der Waals surface area contributed by atoms with Crippen molar-refractivity contribution in [3.8, 4) is 11.5 Å². The largest absolute Gasteiger partial charge is 0.493 e. The molecule has 3 aromatic rings. The predicted molar refractivity (Wildman–Crippen MR) is 169 cm³/mol. The molecule has 10 nitrogen and oxygen atoms in total. The predicted octanol–water partition coefficient (Wildman–Crippen LogP) is 4.03. The van der Waals surface area contributed by atoms with Crippen LogP contribution in [0.15, 0.2) is 60.9 Å². The molecule has 1 aromatic heterocycles. The first-order chi connectivity index (χ1) is 21.1. The summed E-state index contributed by atoms with van der Waals surface area (Å²) >= 11 is 0. The Morgan fingerprint density at radius 1 is 0.977 bits per heavy atom. The fourth-order valence-electron chi connectivity index (χ4n) is 5.77. The number of nitrogens with zero attached hydrogens (tertiary/aromatic N) is 5. The summed E-state index contributed by atoms with van der Waals surface area (Å²) in [5, 5.41) is 0. The Kier molecular flexibility index (Phi) is 9.20. The van der Waals surface area contributed by atoms with E-state index in [0.717, 1.165) is 37.1 Å². The number of likely N-dealkylation sites (N-methyl/N-ethyl adjacent to an activating group) is 1. The van der Waals surface area contributed by atoms with Crippen molar-refractivity contribution >= 4 is 29.1 Å². The molecule has 3 heterocycles. The number of anilines is 2. The fourth-order valence-corrected chi connectivity index (χ4v) is 5.77. The third kappa shape index (κ3) is 6.40. The first kappa shape index (κ1) is 31.0. The Morgan fingerprint density at radius 2 is 1.70 bits per heavy atom. The minimum atomic E-state index is -1.16. The Morgan fingerprint density at radius 3 is 2.45 bits per heavy atom. The van der Waals surface area contributed by atoms with Gasteiger partial charge in [-0.3, -0.25) is 24.3 Å². The van der Waals surface area contributed by atoms with Gasteiger partial charge in [-0.2, -0.15) is 0 Å². The molecule has 232 valence electrons. The number of carbonyl (C=O) groups excluding carboxylic acids is 3. The van der Waals surface area contributed by atoms with Crippen LogP contribution in [0.25, 0.3) is 0 Å². The number of carbonyl (C=O) groups is 3. The van der Waals surface area contributed by atoms with E-state index in [9.17, 15) is 14.4 Å². The summed E-state index contributed by atoms with van der Waals surface area (Å²) in [4.78, 5) is 50.6. The molecule has 0 spiro atoms. The maximum absolute atomic E-state index is 13.3. The van der Waals surface area contributed by atoms with Gasteiger partial charge in [0, 0.05) is 72.2 Å². The number of ether oxygens (including phenoxy) is 2. The van der Waals surface area contributed by atoms with Crippen LogP contribution >= 0.6 is 0 Å². The van der Waals surface area contributed by atoms with Gasteiger partial charge in [0.2, 0.25) is 11.8 Å². The molecule has 0 atom stereocenters. The third-order valence-corrected chi connectivity index (χ3v) is 8.43. The van der Waals surface area contributed by atoms with E-state index in [4.69, 9.17) is 9.47 Å². The standard InChI is InChI=1S/C34H41N5O5/c1-34(2)32(41)37(4)28-11-10-26(22-29(28)38(5)33(34)42)43-20-7-17-39(23-24-12-15-35-16-13-24)19-18-36(3)31(40)27-9-6-8-25-14-21-44-30(25)27/h6,8-13,15-16,22H,7,14,17-21,23H2,1-5H3. The van der Waals surface area contributed by atoms with Crippen molar-refractivity contribution in [2.45, 2.75) is 33.2 Å². The lowest BCUT2D eigenvalue weighted by molar-refractivity contribution is -0.137. The lowest BCUT2D eigenvalue weighted by atomic mass is 9.90. The van der Waals surface area contributed by atoms with Gasteiger partial charge in [0.15, 0.2) is 0 Å². The molecule has 0 saturated carbocycles. The van der Waals surface area contributed by atoms with E-state index >= 15 is 0 Å². The van der Waals surface area contributed by atoms with Gasteiger partial charge in [0.05, 0.1) is 30.2 Å². The molecule has 0 aliphatic carbocycles. The lowest BCUT2D eigenvalue weighted by Crippen LogP contribution is -2.46. The van der Waals surface area contributed by atoms with Crippen molar-refractivity contribution in [1.82, 2.24) is 14.8 Å². The van der Waals surface area contributed by atoms with E-state index in [0.29, 0.717) is 54.7 Å². The molecule has 0 saturated heterocycles. The molecule has 44 heavy (non-hydrogen) atoms. The van der Waals surface area contributed by atoms with Crippen LogP contribution < -0.4 is 19.3 Å². The smallest absolute Gasteiger partial charge is 0.257 e. The molecular weight excluding hydrogens is 558 g/mol. The SMILES string of the molecule is CN(CCN(CCCOc1ccc2c(c1)N(C)C(=O)C(C)(C)C(=O)N2C)Cc1ccncc1)C(=O)c1cccc2c1OCC2. The Balaban J connectivity index is 1.20. The van der Waals surface area contributed by atoms with Gasteiger partial charge in [-0.1, -0.05) is 12.1 Å². The van der Waals surface area contributed by atoms with Crippen LogP contribution in [0.1, 0.15) is 41.8 Å². The zero-order valence-electron chi connectivity index (χ0n) is 26.2. The van der Waals surface area contributed by atoms with Crippen molar-refractivity contribution in [1.29, 1.82) is 0 Å². The molecule has 2 aromatic carbocycles. The number of pyridine rings is 1. The number of amides is 3. The minimum Gasteiger partial charge on any atom is -0.493 e. The summed E-state index contributed by atoms with van der Waals surface area (Å²) in [5.74, 6) is 0.797. The third-order valence-electron chi connectivity index (χ3n) is 8.43. The molecule has 0 radical (unpaired) electrons. The summed E-state index contributed by atoms with van der Waals surface area (Å²) < 4.78 is 11.9. The average molecular weight is 600 g/mol. The molecule has 10 heteroatoms. The highest BCUT2D eigenvalue weighted by molar-refractivity contribution is 6.19. The van der Waals surface area contributed by atoms with Crippen molar-refractivity contribution in [3.05, 3.63) is 77.6 Å². The quantitative estimate of drug-likeness (QED) is 0.243. The van der Waals surface area contributed by atoms with E-state index in [1.807, 2.05) is 55.6 Å². The van der Waals surface area contributed by atoms with E-state index in [1.54, 1.807) is 45.2 Å². The molecule has 3 amide bonds. The Labute approximate surface area is 259 Å². The summed E-state index contributed by atoms with van der Waals surface area (Å²) in [6, 6.07) is 15.2. The van der Waals surface area contributed by atoms with Crippen LogP contribution in [0.2, 0.25) is 0 Å². The van der Waals surface area contributed by atoms with E-state index in [1.165, 1.54) is 9.80 Å². The number of rotatable bonds is 11. The highest BCUT2D eigenvalue weighted by Crippen LogP contribution is 2.39. The maximum atomic E-state index is 13.3. The van der Waals surface area contributed by atoms with Crippen molar-refractivity contribution < 1.29 is 23.9 Å². The normalized spacial score (nSPS) is 15.5. The first-order valence-corrected chi connectivity index (χ1v) is 15.0. The Bertz CT molecular complexity index is 1530. The molecule has 0 unspecified atom stereocenters.